The van der Waals surface area contributed by atoms with Crippen LogP contribution in [0, 0.1) is 11.7 Å². The van der Waals surface area contributed by atoms with Gasteiger partial charge in [0.1, 0.15) is 18.2 Å². The second-order valence-electron chi connectivity index (χ2n) is 6.44. The quantitative estimate of drug-likeness (QED) is 0.635. The number of ether oxygens (including phenoxy) is 2. The summed E-state index contributed by atoms with van der Waals surface area (Å²) in [5.41, 5.74) is 0.749. The van der Waals surface area contributed by atoms with Crippen molar-refractivity contribution in [3.63, 3.8) is 0 Å². The maximum Gasteiger partial charge on any atom is 0.225 e. The lowest BCUT2D eigenvalue weighted by atomic mass is 9.88. The highest BCUT2D eigenvalue weighted by molar-refractivity contribution is 5.78. The molecule has 0 aliphatic heterocycles. The highest BCUT2D eigenvalue weighted by atomic mass is 19.1. The largest absolute Gasteiger partial charge is 0.490 e. The Morgan fingerprint density at radius 1 is 1.28 bits per heavy atom. The van der Waals surface area contributed by atoms with Crippen LogP contribution in [0.4, 0.5) is 4.39 Å². The van der Waals surface area contributed by atoms with Crippen molar-refractivity contribution in [2.45, 2.75) is 32.1 Å². The molecule has 5 heteroatoms. The van der Waals surface area contributed by atoms with Gasteiger partial charge in [0.2, 0.25) is 5.91 Å². The van der Waals surface area contributed by atoms with Crippen molar-refractivity contribution in [2.24, 2.45) is 5.92 Å². The van der Waals surface area contributed by atoms with E-state index in [2.05, 4.69) is 6.58 Å². The molecule has 0 spiro atoms. The van der Waals surface area contributed by atoms with Gasteiger partial charge in [-0.05, 0) is 25.0 Å². The van der Waals surface area contributed by atoms with Crippen molar-refractivity contribution in [1.82, 2.24) is 4.90 Å². The first kappa shape index (κ1) is 19.4. The zero-order valence-corrected chi connectivity index (χ0v) is 15.0. The minimum absolute atomic E-state index is 0.187. The number of likely N-dealkylation sites (N-methyl/N-ethyl adjacent to an activating group) is 1. The minimum Gasteiger partial charge on any atom is -0.490 e. The van der Waals surface area contributed by atoms with E-state index >= 15 is 0 Å². The molecule has 0 saturated heterocycles. The fourth-order valence-electron chi connectivity index (χ4n) is 3.09. The van der Waals surface area contributed by atoms with Gasteiger partial charge in [0.15, 0.2) is 0 Å². The number of amides is 1. The standard InChI is InChI=1S/C20H28FNO3/c1-3-16-9-10-18(21)15-19(16)25-14-13-24-12-11-22(2)20(23)17-7-5-4-6-8-17/h3,9-10,15,17H,1,4-8,11-14H2,2H3. The van der Waals surface area contributed by atoms with E-state index in [1.165, 1.54) is 18.6 Å². The molecule has 1 saturated carbocycles. The second-order valence-corrected chi connectivity index (χ2v) is 6.44. The van der Waals surface area contributed by atoms with Crippen LogP contribution in [0.15, 0.2) is 24.8 Å². The predicted molar refractivity (Wildman–Crippen MR) is 97.0 cm³/mol. The SMILES string of the molecule is C=Cc1ccc(F)cc1OCCOCCN(C)C(=O)C1CCCCC1. The summed E-state index contributed by atoms with van der Waals surface area (Å²) < 4.78 is 24.3. The average molecular weight is 349 g/mol. The number of halogens is 1. The van der Waals surface area contributed by atoms with Crippen LogP contribution in [0.1, 0.15) is 37.7 Å². The molecule has 1 amide bonds. The van der Waals surface area contributed by atoms with Gasteiger partial charge in [0.05, 0.1) is 13.2 Å². The number of hydrogen-bond acceptors (Lipinski definition) is 3. The lowest BCUT2D eigenvalue weighted by Gasteiger charge is -2.26. The summed E-state index contributed by atoms with van der Waals surface area (Å²) in [6, 6.07) is 4.34. The molecule has 1 aliphatic carbocycles. The molecular formula is C20H28FNO3. The Morgan fingerprint density at radius 3 is 2.76 bits per heavy atom. The van der Waals surface area contributed by atoms with Gasteiger partial charge in [-0.3, -0.25) is 4.79 Å². The maximum absolute atomic E-state index is 13.2. The number of nitrogens with zero attached hydrogens (tertiary/aromatic N) is 1. The van der Waals surface area contributed by atoms with E-state index in [9.17, 15) is 9.18 Å². The Labute approximate surface area is 149 Å². The van der Waals surface area contributed by atoms with Crippen molar-refractivity contribution in [1.29, 1.82) is 0 Å². The van der Waals surface area contributed by atoms with E-state index < -0.39 is 0 Å². The molecule has 0 radical (unpaired) electrons. The van der Waals surface area contributed by atoms with Gasteiger partial charge < -0.3 is 14.4 Å². The summed E-state index contributed by atoms with van der Waals surface area (Å²) in [4.78, 5) is 14.1. The van der Waals surface area contributed by atoms with Gasteiger partial charge in [-0.1, -0.05) is 31.9 Å². The van der Waals surface area contributed by atoms with Gasteiger partial charge in [-0.2, -0.15) is 0 Å². The number of hydrogen-bond donors (Lipinski definition) is 0. The number of benzene rings is 1. The van der Waals surface area contributed by atoms with Gasteiger partial charge in [0.25, 0.3) is 0 Å². The molecule has 0 N–H and O–H groups in total. The molecule has 0 unspecified atom stereocenters. The number of rotatable bonds is 9. The maximum atomic E-state index is 13.2. The normalized spacial score (nSPS) is 15.0. The molecule has 0 heterocycles. The lowest BCUT2D eigenvalue weighted by molar-refractivity contribution is -0.135. The van der Waals surface area contributed by atoms with Crippen LogP contribution in [0.3, 0.4) is 0 Å². The van der Waals surface area contributed by atoms with Crippen molar-refractivity contribution >= 4 is 12.0 Å². The molecule has 2 rings (SSSR count). The molecule has 1 aromatic rings. The fourth-order valence-corrected chi connectivity index (χ4v) is 3.09. The molecule has 25 heavy (non-hydrogen) atoms. The highest BCUT2D eigenvalue weighted by Crippen LogP contribution is 2.25. The summed E-state index contributed by atoms with van der Waals surface area (Å²) in [6.45, 7) is 5.44. The van der Waals surface area contributed by atoms with Crippen molar-refractivity contribution in [2.75, 3.05) is 33.4 Å². The third-order valence-electron chi connectivity index (χ3n) is 4.58. The molecule has 0 bridgehead atoms. The van der Waals surface area contributed by atoms with Gasteiger partial charge in [0, 0.05) is 31.1 Å². The summed E-state index contributed by atoms with van der Waals surface area (Å²) in [7, 11) is 1.83. The monoisotopic (exact) mass is 349 g/mol. The first-order valence-electron chi connectivity index (χ1n) is 8.99. The zero-order chi connectivity index (χ0) is 18.1. The Bertz CT molecular complexity index is 570. The van der Waals surface area contributed by atoms with E-state index in [0.29, 0.717) is 32.1 Å². The van der Waals surface area contributed by atoms with Crippen molar-refractivity contribution in [3.8, 4) is 5.75 Å². The van der Waals surface area contributed by atoms with Crippen LogP contribution in [0.25, 0.3) is 6.08 Å². The Balaban J connectivity index is 1.62. The van der Waals surface area contributed by atoms with Gasteiger partial charge in [-0.15, -0.1) is 0 Å². The lowest BCUT2D eigenvalue weighted by Crippen LogP contribution is -2.36. The molecule has 1 aliphatic rings. The Morgan fingerprint density at radius 2 is 2.04 bits per heavy atom. The van der Waals surface area contributed by atoms with E-state index in [0.717, 1.165) is 31.2 Å². The number of carbonyl (C=O) groups is 1. The molecule has 138 valence electrons. The molecule has 0 atom stereocenters. The van der Waals surface area contributed by atoms with Crippen LogP contribution in [-0.2, 0) is 9.53 Å². The topological polar surface area (TPSA) is 38.8 Å². The molecule has 4 nitrogen and oxygen atoms in total. The smallest absolute Gasteiger partial charge is 0.225 e. The molecule has 1 aromatic carbocycles. The zero-order valence-electron chi connectivity index (χ0n) is 15.0. The van der Waals surface area contributed by atoms with Gasteiger partial charge in [-0.25, -0.2) is 4.39 Å². The van der Waals surface area contributed by atoms with E-state index in [1.807, 2.05) is 7.05 Å². The van der Waals surface area contributed by atoms with E-state index in [1.54, 1.807) is 17.0 Å². The van der Waals surface area contributed by atoms with Crippen molar-refractivity contribution in [3.05, 3.63) is 36.2 Å². The van der Waals surface area contributed by atoms with Crippen LogP contribution in [0.5, 0.6) is 5.75 Å². The summed E-state index contributed by atoms with van der Waals surface area (Å²) in [5, 5.41) is 0. The summed E-state index contributed by atoms with van der Waals surface area (Å²) in [6.07, 6.45) is 7.21. The van der Waals surface area contributed by atoms with E-state index in [-0.39, 0.29) is 17.6 Å². The highest BCUT2D eigenvalue weighted by Gasteiger charge is 2.23. The van der Waals surface area contributed by atoms with Crippen LogP contribution in [-0.4, -0.2) is 44.2 Å². The Kier molecular flexibility index (Phi) is 7.92. The predicted octanol–water partition coefficient (Wildman–Crippen LogP) is 3.90. The molecule has 0 aromatic heterocycles. The molecular weight excluding hydrogens is 321 g/mol. The fraction of sp³-hybridized carbons (Fsp3) is 0.550. The first-order valence-corrected chi connectivity index (χ1v) is 8.99. The third kappa shape index (κ3) is 6.16. The first-order chi connectivity index (χ1) is 12.1. The Hall–Kier alpha value is -1.88. The average Bonchev–Trinajstić information content (AvgIpc) is 2.64. The van der Waals surface area contributed by atoms with Crippen molar-refractivity contribution < 1.29 is 18.7 Å². The van der Waals surface area contributed by atoms with Crippen LogP contribution in [0.2, 0.25) is 0 Å². The number of carbonyl (C=O) groups excluding carboxylic acids is 1. The van der Waals surface area contributed by atoms with Crippen LogP contribution < -0.4 is 4.74 Å². The molecule has 1 fully saturated rings. The minimum atomic E-state index is -0.343. The van der Waals surface area contributed by atoms with Crippen LogP contribution >= 0.6 is 0 Å². The third-order valence-corrected chi connectivity index (χ3v) is 4.58. The van der Waals surface area contributed by atoms with E-state index in [4.69, 9.17) is 9.47 Å². The summed E-state index contributed by atoms with van der Waals surface area (Å²) in [5.74, 6) is 0.537. The summed E-state index contributed by atoms with van der Waals surface area (Å²) >= 11 is 0. The van der Waals surface area contributed by atoms with Gasteiger partial charge >= 0.3 is 0 Å². The second kappa shape index (κ2) is 10.2.